The van der Waals surface area contributed by atoms with E-state index in [-0.39, 0.29) is 5.91 Å². The van der Waals surface area contributed by atoms with Gasteiger partial charge in [-0.15, -0.1) is 0 Å². The number of amides is 1. The van der Waals surface area contributed by atoms with E-state index in [4.69, 9.17) is 9.47 Å². The van der Waals surface area contributed by atoms with Crippen molar-refractivity contribution in [1.29, 1.82) is 0 Å². The molecule has 0 saturated carbocycles. The molecule has 0 spiro atoms. The summed E-state index contributed by atoms with van der Waals surface area (Å²) in [6.07, 6.45) is 0.682. The summed E-state index contributed by atoms with van der Waals surface area (Å²) in [5, 5.41) is 2.99. The van der Waals surface area contributed by atoms with E-state index >= 15 is 0 Å². The summed E-state index contributed by atoms with van der Waals surface area (Å²) in [7, 11) is 0. The van der Waals surface area contributed by atoms with Crippen LogP contribution in [0.5, 0.6) is 5.75 Å². The van der Waals surface area contributed by atoms with Crippen molar-refractivity contribution in [2.75, 3.05) is 18.5 Å². The number of carbonyl (C=O) groups is 1. The Morgan fingerprint density at radius 2 is 1.88 bits per heavy atom. The lowest BCUT2D eigenvalue weighted by molar-refractivity contribution is -0.140. The van der Waals surface area contributed by atoms with Gasteiger partial charge in [0.15, 0.2) is 0 Å². The number of hydrogen-bond donors (Lipinski definition) is 1. The normalized spacial score (nSPS) is 13.9. The van der Waals surface area contributed by atoms with Crippen LogP contribution in [0.4, 0.5) is 5.69 Å². The molecular weight excluding hydrogens is 302 g/mol. The molecule has 0 radical (unpaired) electrons. The molecule has 0 aromatic heterocycles. The topological polar surface area (TPSA) is 47.6 Å². The molecule has 1 amide bonds. The zero-order valence-electron chi connectivity index (χ0n) is 16.2. The summed E-state index contributed by atoms with van der Waals surface area (Å²) in [4.78, 5) is 12.7. The third-order valence-electron chi connectivity index (χ3n) is 3.75. The minimum absolute atomic E-state index is 0.103. The first-order chi connectivity index (χ1) is 11.2. The molecule has 1 atom stereocenters. The van der Waals surface area contributed by atoms with Gasteiger partial charge in [-0.25, -0.2) is 0 Å². The fourth-order valence-corrected chi connectivity index (χ4v) is 2.72. The summed E-state index contributed by atoms with van der Waals surface area (Å²) in [5.74, 6) is 1.61. The molecule has 1 aromatic rings. The van der Waals surface area contributed by atoms with Gasteiger partial charge in [-0.1, -0.05) is 27.7 Å². The minimum atomic E-state index is -0.816. The standard InChI is InChI=1S/C20H33NO3/c1-8-24-20(7,12-14(2)3)19(22)21-17-9-10-18(16(6)11-17)23-13-15(4)5/h9-11,14-15H,8,12-13H2,1-7H3,(H,21,22)/t20-/m0/s1. The van der Waals surface area contributed by atoms with E-state index in [9.17, 15) is 4.79 Å². The molecule has 1 rings (SSSR count). The number of hydrogen-bond acceptors (Lipinski definition) is 3. The second-order valence-corrected chi connectivity index (χ2v) is 7.40. The fraction of sp³-hybridized carbons (Fsp3) is 0.650. The van der Waals surface area contributed by atoms with Gasteiger partial charge in [0, 0.05) is 12.3 Å². The Bertz CT molecular complexity index is 540. The number of benzene rings is 1. The molecule has 1 N–H and O–H groups in total. The van der Waals surface area contributed by atoms with E-state index in [2.05, 4.69) is 33.0 Å². The first-order valence-corrected chi connectivity index (χ1v) is 8.86. The summed E-state index contributed by atoms with van der Waals surface area (Å²) >= 11 is 0. The summed E-state index contributed by atoms with van der Waals surface area (Å²) < 4.78 is 11.5. The lowest BCUT2D eigenvalue weighted by Crippen LogP contribution is -2.44. The molecule has 0 bridgehead atoms. The zero-order valence-corrected chi connectivity index (χ0v) is 16.2. The molecular formula is C20H33NO3. The average Bonchev–Trinajstić information content (AvgIpc) is 2.45. The number of carbonyl (C=O) groups excluding carboxylic acids is 1. The van der Waals surface area contributed by atoms with Gasteiger partial charge >= 0.3 is 0 Å². The highest BCUT2D eigenvalue weighted by molar-refractivity contribution is 5.97. The Morgan fingerprint density at radius 3 is 2.38 bits per heavy atom. The van der Waals surface area contributed by atoms with Crippen LogP contribution in [-0.4, -0.2) is 24.7 Å². The van der Waals surface area contributed by atoms with Crippen LogP contribution in [0.1, 0.15) is 53.5 Å². The molecule has 24 heavy (non-hydrogen) atoms. The zero-order chi connectivity index (χ0) is 18.3. The molecule has 0 heterocycles. The van der Waals surface area contributed by atoms with Crippen LogP contribution in [0, 0.1) is 18.8 Å². The van der Waals surface area contributed by atoms with Crippen LogP contribution in [-0.2, 0) is 9.53 Å². The summed E-state index contributed by atoms with van der Waals surface area (Å²) in [6.45, 7) is 15.4. The van der Waals surface area contributed by atoms with Crippen molar-refractivity contribution >= 4 is 11.6 Å². The van der Waals surface area contributed by atoms with Gasteiger partial charge in [-0.05, 0) is 62.8 Å². The molecule has 0 aliphatic rings. The number of ether oxygens (including phenoxy) is 2. The lowest BCUT2D eigenvalue weighted by Gasteiger charge is -2.30. The van der Waals surface area contributed by atoms with E-state index in [1.165, 1.54) is 0 Å². The van der Waals surface area contributed by atoms with Gasteiger partial charge in [-0.3, -0.25) is 4.79 Å². The monoisotopic (exact) mass is 335 g/mol. The quantitative estimate of drug-likeness (QED) is 0.704. The van der Waals surface area contributed by atoms with Crippen molar-refractivity contribution < 1.29 is 14.3 Å². The minimum Gasteiger partial charge on any atom is -0.493 e. The third-order valence-corrected chi connectivity index (χ3v) is 3.75. The van der Waals surface area contributed by atoms with Gasteiger partial charge in [0.25, 0.3) is 5.91 Å². The number of nitrogens with one attached hydrogen (secondary N) is 1. The Kier molecular flexibility index (Phi) is 7.74. The lowest BCUT2D eigenvalue weighted by atomic mass is 9.93. The highest BCUT2D eigenvalue weighted by atomic mass is 16.5. The Labute approximate surface area is 146 Å². The maximum atomic E-state index is 12.7. The van der Waals surface area contributed by atoms with Crippen LogP contribution in [0.2, 0.25) is 0 Å². The van der Waals surface area contributed by atoms with Crippen LogP contribution >= 0.6 is 0 Å². The van der Waals surface area contributed by atoms with Gasteiger partial charge < -0.3 is 14.8 Å². The molecule has 4 heteroatoms. The molecule has 4 nitrogen and oxygen atoms in total. The largest absolute Gasteiger partial charge is 0.493 e. The predicted molar refractivity (Wildman–Crippen MR) is 99.6 cm³/mol. The molecule has 0 aliphatic carbocycles. The smallest absolute Gasteiger partial charge is 0.256 e. The van der Waals surface area contributed by atoms with Crippen LogP contribution < -0.4 is 10.1 Å². The highest BCUT2D eigenvalue weighted by Crippen LogP contribution is 2.26. The third kappa shape index (κ3) is 6.16. The van der Waals surface area contributed by atoms with E-state index in [0.717, 1.165) is 17.0 Å². The van der Waals surface area contributed by atoms with Crippen molar-refractivity contribution in [2.45, 2.75) is 60.5 Å². The Morgan fingerprint density at radius 1 is 1.21 bits per heavy atom. The summed E-state index contributed by atoms with van der Waals surface area (Å²) in [5.41, 5.74) is 0.961. The highest BCUT2D eigenvalue weighted by Gasteiger charge is 2.34. The fourth-order valence-electron chi connectivity index (χ4n) is 2.72. The van der Waals surface area contributed by atoms with Gasteiger partial charge in [0.05, 0.1) is 6.61 Å². The Hall–Kier alpha value is -1.55. The maximum Gasteiger partial charge on any atom is 0.256 e. The average molecular weight is 335 g/mol. The second-order valence-electron chi connectivity index (χ2n) is 7.40. The number of aryl methyl sites for hydroxylation is 1. The SMILES string of the molecule is CCO[C@@](C)(CC(C)C)C(=O)Nc1ccc(OCC(C)C)c(C)c1. The first-order valence-electron chi connectivity index (χ1n) is 8.86. The van der Waals surface area contributed by atoms with Gasteiger partial charge in [-0.2, -0.15) is 0 Å². The van der Waals surface area contributed by atoms with Crippen molar-refractivity contribution in [3.63, 3.8) is 0 Å². The molecule has 0 aliphatic heterocycles. The van der Waals surface area contributed by atoms with Crippen LogP contribution in [0.3, 0.4) is 0 Å². The van der Waals surface area contributed by atoms with Crippen LogP contribution in [0.25, 0.3) is 0 Å². The first kappa shape index (κ1) is 20.5. The maximum absolute atomic E-state index is 12.7. The molecule has 0 saturated heterocycles. The van der Waals surface area contributed by atoms with Crippen molar-refractivity contribution in [3.8, 4) is 5.75 Å². The second kappa shape index (κ2) is 9.07. The molecule has 0 unspecified atom stereocenters. The van der Waals surface area contributed by atoms with E-state index in [1.807, 2.05) is 39.0 Å². The van der Waals surface area contributed by atoms with Gasteiger partial charge in [0.1, 0.15) is 11.4 Å². The van der Waals surface area contributed by atoms with Crippen molar-refractivity contribution in [3.05, 3.63) is 23.8 Å². The molecule has 1 aromatic carbocycles. The van der Waals surface area contributed by atoms with E-state index in [1.54, 1.807) is 0 Å². The number of anilines is 1. The van der Waals surface area contributed by atoms with E-state index < -0.39 is 5.60 Å². The molecule has 136 valence electrons. The Balaban J connectivity index is 2.83. The molecule has 0 fully saturated rings. The van der Waals surface area contributed by atoms with Crippen molar-refractivity contribution in [2.24, 2.45) is 11.8 Å². The van der Waals surface area contributed by atoms with Crippen molar-refractivity contribution in [1.82, 2.24) is 0 Å². The van der Waals surface area contributed by atoms with E-state index in [0.29, 0.717) is 31.5 Å². The summed E-state index contributed by atoms with van der Waals surface area (Å²) in [6, 6.07) is 5.73. The van der Waals surface area contributed by atoms with Crippen LogP contribution in [0.15, 0.2) is 18.2 Å². The predicted octanol–water partition coefficient (Wildman–Crippen LogP) is 4.81. The van der Waals surface area contributed by atoms with Gasteiger partial charge in [0.2, 0.25) is 0 Å². The number of rotatable bonds is 9.